The molecule has 0 aliphatic rings. The van der Waals surface area contributed by atoms with Crippen LogP contribution in [0.3, 0.4) is 0 Å². The topological polar surface area (TPSA) is 20.2 Å². The SMILES string of the molecule is CCCC(O)C(F)(F)C(C)C. The van der Waals surface area contributed by atoms with E-state index in [1.807, 2.05) is 0 Å². The van der Waals surface area contributed by atoms with Gasteiger partial charge in [-0.2, -0.15) is 0 Å². The van der Waals surface area contributed by atoms with Crippen molar-refractivity contribution in [2.24, 2.45) is 5.92 Å². The fraction of sp³-hybridized carbons (Fsp3) is 1.00. The van der Waals surface area contributed by atoms with Gasteiger partial charge in [-0.05, 0) is 6.42 Å². The summed E-state index contributed by atoms with van der Waals surface area (Å²) in [6.45, 7) is 4.61. The van der Waals surface area contributed by atoms with E-state index in [1.54, 1.807) is 6.92 Å². The Kier molecular flexibility index (Phi) is 3.93. The van der Waals surface area contributed by atoms with Crippen molar-refractivity contribution >= 4 is 0 Å². The van der Waals surface area contributed by atoms with Crippen LogP contribution in [0.4, 0.5) is 8.78 Å². The van der Waals surface area contributed by atoms with Crippen LogP contribution in [0.15, 0.2) is 0 Å². The van der Waals surface area contributed by atoms with Crippen molar-refractivity contribution in [3.05, 3.63) is 0 Å². The van der Waals surface area contributed by atoms with Gasteiger partial charge in [0.25, 0.3) is 5.92 Å². The Hall–Kier alpha value is -0.180. The Morgan fingerprint density at radius 2 is 1.82 bits per heavy atom. The monoisotopic (exact) mass is 166 g/mol. The van der Waals surface area contributed by atoms with Crippen molar-refractivity contribution in [2.45, 2.75) is 45.6 Å². The minimum atomic E-state index is -2.93. The van der Waals surface area contributed by atoms with Gasteiger partial charge in [0.2, 0.25) is 0 Å². The molecule has 0 spiro atoms. The van der Waals surface area contributed by atoms with E-state index in [-0.39, 0.29) is 6.42 Å². The number of hydrogen-bond acceptors (Lipinski definition) is 1. The van der Waals surface area contributed by atoms with Gasteiger partial charge in [-0.15, -0.1) is 0 Å². The minimum absolute atomic E-state index is 0.172. The molecule has 0 rings (SSSR count). The van der Waals surface area contributed by atoms with Gasteiger partial charge in [0.1, 0.15) is 6.10 Å². The zero-order chi connectivity index (χ0) is 9.07. The van der Waals surface area contributed by atoms with E-state index in [9.17, 15) is 8.78 Å². The second-order valence-corrected chi connectivity index (χ2v) is 3.13. The fourth-order valence-corrected chi connectivity index (χ4v) is 0.851. The van der Waals surface area contributed by atoms with Crippen LogP contribution in [0.2, 0.25) is 0 Å². The summed E-state index contributed by atoms with van der Waals surface area (Å²) in [6, 6.07) is 0. The summed E-state index contributed by atoms with van der Waals surface area (Å²) >= 11 is 0. The average molecular weight is 166 g/mol. The summed E-state index contributed by atoms with van der Waals surface area (Å²) in [5.74, 6) is -3.72. The molecule has 0 bridgehead atoms. The molecule has 0 fully saturated rings. The van der Waals surface area contributed by atoms with E-state index in [0.717, 1.165) is 0 Å². The van der Waals surface area contributed by atoms with E-state index >= 15 is 0 Å². The molecule has 0 aromatic carbocycles. The molecule has 0 aliphatic carbocycles. The molecule has 0 amide bonds. The molecular weight excluding hydrogens is 150 g/mol. The maximum absolute atomic E-state index is 12.9. The van der Waals surface area contributed by atoms with Gasteiger partial charge in [0.05, 0.1) is 0 Å². The lowest BCUT2D eigenvalue weighted by Gasteiger charge is -2.25. The molecule has 68 valence electrons. The standard InChI is InChI=1S/C8H16F2O/c1-4-5-7(11)8(9,10)6(2)3/h6-7,11H,4-5H2,1-3H3. The van der Waals surface area contributed by atoms with E-state index in [2.05, 4.69) is 0 Å². The summed E-state index contributed by atoms with van der Waals surface area (Å²) in [7, 11) is 0. The molecular formula is C8H16F2O. The maximum Gasteiger partial charge on any atom is 0.275 e. The van der Waals surface area contributed by atoms with Crippen molar-refractivity contribution in [1.29, 1.82) is 0 Å². The number of hydrogen-bond donors (Lipinski definition) is 1. The van der Waals surface area contributed by atoms with Crippen LogP contribution in [-0.4, -0.2) is 17.1 Å². The van der Waals surface area contributed by atoms with Crippen molar-refractivity contribution < 1.29 is 13.9 Å². The van der Waals surface area contributed by atoms with Crippen LogP contribution in [0.5, 0.6) is 0 Å². The first kappa shape index (κ1) is 10.8. The Bertz CT molecular complexity index is 113. The molecule has 1 N–H and O–H groups in total. The summed E-state index contributed by atoms with van der Waals surface area (Å²) in [4.78, 5) is 0. The lowest BCUT2D eigenvalue weighted by Crippen LogP contribution is -2.38. The molecule has 0 radical (unpaired) electrons. The molecule has 0 aromatic rings. The third kappa shape index (κ3) is 2.73. The fourth-order valence-electron chi connectivity index (χ4n) is 0.851. The Labute approximate surface area is 66.4 Å². The third-order valence-corrected chi connectivity index (χ3v) is 1.78. The van der Waals surface area contributed by atoms with E-state index in [0.29, 0.717) is 6.42 Å². The van der Waals surface area contributed by atoms with Gasteiger partial charge in [-0.1, -0.05) is 27.2 Å². The number of aliphatic hydroxyl groups excluding tert-OH is 1. The van der Waals surface area contributed by atoms with Crippen LogP contribution < -0.4 is 0 Å². The van der Waals surface area contributed by atoms with E-state index in [1.165, 1.54) is 13.8 Å². The highest BCUT2D eigenvalue weighted by molar-refractivity contribution is 4.78. The molecule has 1 unspecified atom stereocenters. The zero-order valence-corrected chi connectivity index (χ0v) is 7.27. The molecule has 0 aromatic heterocycles. The van der Waals surface area contributed by atoms with Crippen LogP contribution in [0, 0.1) is 5.92 Å². The third-order valence-electron chi connectivity index (χ3n) is 1.78. The average Bonchev–Trinajstić information content (AvgIpc) is 1.88. The summed E-state index contributed by atoms with van der Waals surface area (Å²) in [5, 5.41) is 9.00. The highest BCUT2D eigenvalue weighted by atomic mass is 19.3. The predicted molar refractivity (Wildman–Crippen MR) is 40.7 cm³/mol. The van der Waals surface area contributed by atoms with Crippen molar-refractivity contribution in [2.75, 3.05) is 0 Å². The van der Waals surface area contributed by atoms with E-state index in [4.69, 9.17) is 5.11 Å². The molecule has 0 heterocycles. The number of aliphatic hydroxyl groups is 1. The molecule has 1 nitrogen and oxygen atoms in total. The molecule has 3 heteroatoms. The summed E-state index contributed by atoms with van der Waals surface area (Å²) in [5.41, 5.74) is 0. The Morgan fingerprint density at radius 1 is 1.36 bits per heavy atom. The van der Waals surface area contributed by atoms with E-state index < -0.39 is 17.9 Å². The lowest BCUT2D eigenvalue weighted by molar-refractivity contribution is -0.141. The largest absolute Gasteiger partial charge is 0.387 e. The molecule has 0 saturated heterocycles. The first-order chi connectivity index (χ1) is 4.92. The number of halogens is 2. The lowest BCUT2D eigenvalue weighted by atomic mass is 9.97. The quantitative estimate of drug-likeness (QED) is 0.680. The van der Waals surface area contributed by atoms with Crippen molar-refractivity contribution in [3.8, 4) is 0 Å². The van der Waals surface area contributed by atoms with Gasteiger partial charge < -0.3 is 5.11 Å². The van der Waals surface area contributed by atoms with Crippen LogP contribution in [-0.2, 0) is 0 Å². The number of rotatable bonds is 4. The summed E-state index contributed by atoms with van der Waals surface area (Å²) < 4.78 is 25.8. The highest BCUT2D eigenvalue weighted by Gasteiger charge is 2.40. The van der Waals surface area contributed by atoms with Crippen molar-refractivity contribution in [1.82, 2.24) is 0 Å². The number of alkyl halides is 2. The molecule has 0 saturated carbocycles. The highest BCUT2D eigenvalue weighted by Crippen LogP contribution is 2.29. The molecule has 1 atom stereocenters. The minimum Gasteiger partial charge on any atom is -0.387 e. The Balaban J connectivity index is 4.05. The van der Waals surface area contributed by atoms with Gasteiger partial charge in [0.15, 0.2) is 0 Å². The molecule has 11 heavy (non-hydrogen) atoms. The van der Waals surface area contributed by atoms with Gasteiger partial charge in [-0.25, -0.2) is 8.78 Å². The second-order valence-electron chi connectivity index (χ2n) is 3.13. The normalized spacial score (nSPS) is 15.5. The zero-order valence-electron chi connectivity index (χ0n) is 7.27. The second kappa shape index (κ2) is 4.00. The van der Waals surface area contributed by atoms with Crippen molar-refractivity contribution in [3.63, 3.8) is 0 Å². The van der Waals surface area contributed by atoms with Gasteiger partial charge in [0, 0.05) is 5.92 Å². The van der Waals surface area contributed by atoms with Crippen LogP contribution in [0.1, 0.15) is 33.6 Å². The predicted octanol–water partition coefficient (Wildman–Crippen LogP) is 2.44. The molecule has 0 aliphatic heterocycles. The maximum atomic E-state index is 12.9. The van der Waals surface area contributed by atoms with Gasteiger partial charge in [-0.3, -0.25) is 0 Å². The smallest absolute Gasteiger partial charge is 0.275 e. The Morgan fingerprint density at radius 3 is 2.09 bits per heavy atom. The summed E-state index contributed by atoms with van der Waals surface area (Å²) in [6.07, 6.45) is -0.721. The first-order valence-electron chi connectivity index (χ1n) is 3.98. The first-order valence-corrected chi connectivity index (χ1v) is 3.98. The van der Waals surface area contributed by atoms with Crippen LogP contribution in [0.25, 0.3) is 0 Å². The van der Waals surface area contributed by atoms with Crippen LogP contribution >= 0.6 is 0 Å². The van der Waals surface area contributed by atoms with Gasteiger partial charge >= 0.3 is 0 Å².